The van der Waals surface area contributed by atoms with Crippen molar-refractivity contribution >= 4 is 43.4 Å². The lowest BCUT2D eigenvalue weighted by Gasteiger charge is -2.10. The number of allylic oxidation sites excluding steroid dienone is 5. The second kappa shape index (κ2) is 7.42. The van der Waals surface area contributed by atoms with Gasteiger partial charge in [-0.2, -0.15) is 0 Å². The molecule has 1 nitrogen and oxygen atoms in total. The fraction of sp³-hybridized carbons (Fsp3) is 0.0400. The van der Waals surface area contributed by atoms with E-state index in [-0.39, 0.29) is 0 Å². The fourth-order valence-electron chi connectivity index (χ4n) is 3.61. The van der Waals surface area contributed by atoms with Crippen molar-refractivity contribution in [3.05, 3.63) is 102 Å². The number of benzene rings is 3. The molecule has 3 aromatic carbocycles. The highest BCUT2D eigenvalue weighted by molar-refractivity contribution is 9.10. The van der Waals surface area contributed by atoms with Gasteiger partial charge in [-0.25, -0.2) is 0 Å². The molecule has 0 spiro atoms. The zero-order valence-electron chi connectivity index (χ0n) is 15.2. The molecular weight excluding hydrogens is 394 g/mol. The molecule has 0 aliphatic carbocycles. The summed E-state index contributed by atoms with van der Waals surface area (Å²) in [6.07, 6.45) is 8.08. The lowest BCUT2D eigenvalue weighted by molar-refractivity contribution is 1.24. The summed E-state index contributed by atoms with van der Waals surface area (Å²) in [5.74, 6) is 0. The molecule has 4 aromatic rings. The van der Waals surface area contributed by atoms with Crippen LogP contribution in [-0.4, -0.2) is 4.57 Å². The minimum absolute atomic E-state index is 1.10. The van der Waals surface area contributed by atoms with Gasteiger partial charge in [-0.05, 0) is 48.4 Å². The molecule has 0 saturated heterocycles. The van der Waals surface area contributed by atoms with E-state index < -0.39 is 0 Å². The Bertz CT molecular complexity index is 1210. The van der Waals surface area contributed by atoms with E-state index >= 15 is 0 Å². The van der Waals surface area contributed by atoms with Crippen LogP contribution in [0.1, 0.15) is 6.92 Å². The van der Waals surface area contributed by atoms with Crippen molar-refractivity contribution < 1.29 is 0 Å². The van der Waals surface area contributed by atoms with Crippen molar-refractivity contribution in [1.29, 1.82) is 0 Å². The molecule has 4 rings (SSSR count). The number of halogens is 1. The van der Waals surface area contributed by atoms with Crippen LogP contribution in [0.2, 0.25) is 0 Å². The number of para-hydroxylation sites is 1. The second-order valence-corrected chi connectivity index (χ2v) is 7.25. The maximum Gasteiger partial charge on any atom is 0.0547 e. The van der Waals surface area contributed by atoms with Crippen LogP contribution in [0.4, 0.5) is 0 Å². The van der Waals surface area contributed by atoms with Crippen LogP contribution in [0.15, 0.2) is 102 Å². The van der Waals surface area contributed by atoms with Gasteiger partial charge in [0, 0.05) is 20.9 Å². The second-order valence-electron chi connectivity index (χ2n) is 6.39. The van der Waals surface area contributed by atoms with Crippen molar-refractivity contribution in [2.24, 2.45) is 0 Å². The minimum Gasteiger partial charge on any atom is -0.309 e. The van der Waals surface area contributed by atoms with E-state index in [2.05, 4.69) is 106 Å². The molecule has 0 unspecified atom stereocenters. The summed E-state index contributed by atoms with van der Waals surface area (Å²) in [4.78, 5) is 0. The molecular formula is C25H20BrN. The minimum atomic E-state index is 1.10. The highest BCUT2D eigenvalue weighted by Crippen LogP contribution is 2.36. The normalized spacial score (nSPS) is 12.3. The van der Waals surface area contributed by atoms with Gasteiger partial charge in [0.2, 0.25) is 0 Å². The van der Waals surface area contributed by atoms with Crippen molar-refractivity contribution in [3.63, 3.8) is 0 Å². The number of hydrogen-bond donors (Lipinski definition) is 0. The summed E-state index contributed by atoms with van der Waals surface area (Å²) in [5.41, 5.74) is 5.87. The molecule has 27 heavy (non-hydrogen) atoms. The van der Waals surface area contributed by atoms with Gasteiger partial charge in [-0.15, -0.1) is 0 Å². The number of rotatable bonds is 4. The first kappa shape index (κ1) is 17.6. The molecule has 0 N–H and O–H groups in total. The first-order valence-electron chi connectivity index (χ1n) is 8.98. The van der Waals surface area contributed by atoms with Gasteiger partial charge in [0.1, 0.15) is 0 Å². The zero-order valence-corrected chi connectivity index (χ0v) is 16.8. The Morgan fingerprint density at radius 1 is 0.926 bits per heavy atom. The molecule has 0 fully saturated rings. The average Bonchev–Trinajstić information content (AvgIpc) is 3.02. The Hall–Kier alpha value is -2.84. The molecule has 1 aromatic heterocycles. The molecule has 0 aliphatic rings. The lowest BCUT2D eigenvalue weighted by Crippen LogP contribution is -1.94. The van der Waals surface area contributed by atoms with Gasteiger partial charge in [0.15, 0.2) is 0 Å². The molecule has 0 saturated carbocycles. The van der Waals surface area contributed by atoms with Crippen molar-refractivity contribution in [2.75, 3.05) is 0 Å². The van der Waals surface area contributed by atoms with E-state index in [1.807, 2.05) is 19.1 Å². The number of nitrogens with zero attached hydrogens (tertiary/aromatic N) is 1. The topological polar surface area (TPSA) is 4.93 Å². The Kier molecular flexibility index (Phi) is 4.83. The lowest BCUT2D eigenvalue weighted by atomic mass is 10.0. The standard InChI is InChI=1S/C25H20BrN/c1-3-9-19(10-4-2)27-24-14-8-6-12-21(24)22-16-15-18(17-25(22)27)20-11-5-7-13-23(20)26/h3-17H,1H2,2H3/b10-4-,19-9+. The third kappa shape index (κ3) is 3.07. The first-order valence-corrected chi connectivity index (χ1v) is 9.78. The summed E-state index contributed by atoms with van der Waals surface area (Å²) >= 11 is 3.69. The van der Waals surface area contributed by atoms with Crippen LogP contribution in [0.3, 0.4) is 0 Å². The molecule has 2 heteroatoms. The summed E-state index contributed by atoms with van der Waals surface area (Å²) in [6, 6.07) is 23.6. The maximum atomic E-state index is 3.90. The molecule has 0 atom stereocenters. The van der Waals surface area contributed by atoms with Crippen molar-refractivity contribution in [1.82, 2.24) is 4.57 Å². The van der Waals surface area contributed by atoms with E-state index in [4.69, 9.17) is 0 Å². The van der Waals surface area contributed by atoms with Crippen LogP contribution < -0.4 is 0 Å². The predicted molar refractivity (Wildman–Crippen MR) is 122 cm³/mol. The zero-order chi connectivity index (χ0) is 18.8. The average molecular weight is 414 g/mol. The van der Waals surface area contributed by atoms with E-state index in [0.29, 0.717) is 0 Å². The van der Waals surface area contributed by atoms with Gasteiger partial charge in [-0.1, -0.05) is 83.2 Å². The predicted octanol–water partition coefficient (Wildman–Crippen LogP) is 7.83. The number of fused-ring (bicyclic) bond motifs is 3. The van der Waals surface area contributed by atoms with Gasteiger partial charge in [-0.3, -0.25) is 0 Å². The molecule has 0 aliphatic heterocycles. The molecule has 0 amide bonds. The first-order chi connectivity index (χ1) is 13.2. The van der Waals surface area contributed by atoms with Crippen LogP contribution in [0, 0.1) is 0 Å². The smallest absolute Gasteiger partial charge is 0.0547 e. The van der Waals surface area contributed by atoms with Crippen LogP contribution in [-0.2, 0) is 0 Å². The molecule has 1 heterocycles. The van der Waals surface area contributed by atoms with Gasteiger partial charge in [0.05, 0.1) is 11.0 Å². The Labute approximate surface area is 168 Å². The number of hydrogen-bond acceptors (Lipinski definition) is 0. The summed E-state index contributed by atoms with van der Waals surface area (Å²) in [7, 11) is 0. The largest absolute Gasteiger partial charge is 0.309 e. The summed E-state index contributed by atoms with van der Waals surface area (Å²) < 4.78 is 3.41. The van der Waals surface area contributed by atoms with Crippen LogP contribution >= 0.6 is 15.9 Å². The van der Waals surface area contributed by atoms with Crippen molar-refractivity contribution in [2.45, 2.75) is 6.92 Å². The van der Waals surface area contributed by atoms with Crippen molar-refractivity contribution in [3.8, 4) is 11.1 Å². The Morgan fingerprint density at radius 3 is 2.44 bits per heavy atom. The maximum absolute atomic E-state index is 3.90. The van der Waals surface area contributed by atoms with E-state index in [1.165, 1.54) is 32.9 Å². The van der Waals surface area contributed by atoms with Crippen LogP contribution in [0.25, 0.3) is 38.6 Å². The van der Waals surface area contributed by atoms with Gasteiger partial charge in [0.25, 0.3) is 0 Å². The van der Waals surface area contributed by atoms with E-state index in [1.54, 1.807) is 0 Å². The third-order valence-corrected chi connectivity index (χ3v) is 5.43. The quantitative estimate of drug-likeness (QED) is 0.300. The highest BCUT2D eigenvalue weighted by atomic mass is 79.9. The summed E-state index contributed by atoms with van der Waals surface area (Å²) in [6.45, 7) is 5.94. The molecule has 132 valence electrons. The SMILES string of the molecule is C=C/C=C(\C=C/C)n1c2ccccc2c2ccc(-c3ccccc3Br)cc21. The van der Waals surface area contributed by atoms with E-state index in [0.717, 1.165) is 10.2 Å². The monoisotopic (exact) mass is 413 g/mol. The molecule has 0 radical (unpaired) electrons. The van der Waals surface area contributed by atoms with E-state index in [9.17, 15) is 0 Å². The third-order valence-electron chi connectivity index (χ3n) is 4.74. The Balaban J connectivity index is 2.10. The fourth-order valence-corrected chi connectivity index (χ4v) is 4.12. The van der Waals surface area contributed by atoms with Crippen LogP contribution in [0.5, 0.6) is 0 Å². The molecule has 0 bridgehead atoms. The number of aromatic nitrogens is 1. The van der Waals surface area contributed by atoms with Gasteiger partial charge < -0.3 is 4.57 Å². The highest BCUT2D eigenvalue weighted by Gasteiger charge is 2.13. The van der Waals surface area contributed by atoms with Gasteiger partial charge >= 0.3 is 0 Å². The Morgan fingerprint density at radius 2 is 1.67 bits per heavy atom. The summed E-state index contributed by atoms with van der Waals surface area (Å²) in [5, 5.41) is 2.51.